The second-order valence-corrected chi connectivity index (χ2v) is 6.36. The summed E-state index contributed by atoms with van der Waals surface area (Å²) in [6.45, 7) is 0. The monoisotopic (exact) mass is 487 g/mol. The summed E-state index contributed by atoms with van der Waals surface area (Å²) >= 11 is 5.15. The van der Waals surface area contributed by atoms with Gasteiger partial charge in [-0.25, -0.2) is 9.82 Å². The molecule has 1 amide bonds. The summed E-state index contributed by atoms with van der Waals surface area (Å²) in [6, 6.07) is 8.63. The lowest BCUT2D eigenvalue weighted by molar-refractivity contribution is 0.0951. The molecule has 2 aromatic carbocycles. The van der Waals surface area contributed by atoms with E-state index in [4.69, 9.17) is 5.26 Å². The molecule has 0 spiro atoms. The van der Waals surface area contributed by atoms with Crippen molar-refractivity contribution in [1.29, 1.82) is 5.26 Å². The first kappa shape index (κ1) is 17.4. The smallest absolute Gasteiger partial charge is 0.274 e. The van der Waals surface area contributed by atoms with E-state index in [1.807, 2.05) is 22.6 Å². The highest BCUT2D eigenvalue weighted by molar-refractivity contribution is 14.1. The van der Waals surface area contributed by atoms with Crippen LogP contribution in [0.5, 0.6) is 5.75 Å². The quantitative estimate of drug-likeness (QED) is 0.394. The number of carbonyl (C=O) groups excluding carboxylic acids is 1. The molecule has 8 heteroatoms. The second-order valence-electron chi connectivity index (χ2n) is 4.34. The van der Waals surface area contributed by atoms with Crippen LogP contribution in [0.25, 0.3) is 0 Å². The molecule has 2 N–H and O–H groups in total. The third-order valence-electron chi connectivity index (χ3n) is 2.76. The van der Waals surface area contributed by atoms with Gasteiger partial charge in [0.2, 0.25) is 0 Å². The summed E-state index contributed by atoms with van der Waals surface area (Å²) in [4.78, 5) is 11.8. The Morgan fingerprint density at radius 1 is 1.43 bits per heavy atom. The second kappa shape index (κ2) is 7.52. The predicted octanol–water partition coefficient (Wildman–Crippen LogP) is 3.53. The van der Waals surface area contributed by atoms with Crippen LogP contribution in [0.3, 0.4) is 0 Å². The summed E-state index contributed by atoms with van der Waals surface area (Å²) in [5, 5.41) is 22.0. The molecule has 0 heterocycles. The number of hydrogen-bond acceptors (Lipinski definition) is 4. The van der Waals surface area contributed by atoms with E-state index in [1.54, 1.807) is 18.2 Å². The number of nitriles is 1. The molecule has 2 rings (SSSR count). The number of aromatic hydroxyl groups is 1. The fourth-order valence-corrected chi connectivity index (χ4v) is 3.15. The molecule has 0 unspecified atom stereocenters. The number of hydrogen-bond donors (Lipinski definition) is 2. The largest absolute Gasteiger partial charge is 0.506 e. The number of benzene rings is 2. The zero-order valence-corrected chi connectivity index (χ0v) is 15.1. The van der Waals surface area contributed by atoms with Gasteiger partial charge in [0.15, 0.2) is 0 Å². The molecule has 0 saturated carbocycles. The van der Waals surface area contributed by atoms with Gasteiger partial charge < -0.3 is 5.11 Å². The van der Waals surface area contributed by atoms with Crippen LogP contribution in [0.4, 0.5) is 4.39 Å². The molecule has 0 bridgehead atoms. The minimum Gasteiger partial charge on any atom is -0.506 e. The lowest BCUT2D eigenvalue weighted by Gasteiger charge is -2.03. The maximum Gasteiger partial charge on any atom is 0.274 e. The number of phenolic OH excluding ortho intramolecular Hbond substituents is 1. The van der Waals surface area contributed by atoms with Crippen molar-refractivity contribution in [2.45, 2.75) is 0 Å². The van der Waals surface area contributed by atoms with Crippen molar-refractivity contribution in [1.82, 2.24) is 5.43 Å². The maximum atomic E-state index is 13.7. The van der Waals surface area contributed by atoms with E-state index >= 15 is 0 Å². The third kappa shape index (κ3) is 4.27. The summed E-state index contributed by atoms with van der Waals surface area (Å²) in [5.74, 6) is -1.40. The van der Waals surface area contributed by atoms with Crippen molar-refractivity contribution in [3.63, 3.8) is 0 Å². The normalized spacial score (nSPS) is 10.5. The molecule has 0 aliphatic heterocycles. The predicted molar refractivity (Wildman–Crippen MR) is 94.7 cm³/mol. The number of nitrogens with one attached hydrogen (secondary N) is 1. The van der Waals surface area contributed by atoms with E-state index in [1.165, 1.54) is 18.3 Å². The molecule has 0 fully saturated rings. The van der Waals surface area contributed by atoms with E-state index in [0.717, 1.165) is 6.07 Å². The van der Waals surface area contributed by atoms with Gasteiger partial charge in [0, 0.05) is 0 Å². The van der Waals surface area contributed by atoms with Gasteiger partial charge in [0.25, 0.3) is 5.91 Å². The van der Waals surface area contributed by atoms with Crippen molar-refractivity contribution in [2.75, 3.05) is 0 Å². The third-order valence-corrected chi connectivity index (χ3v) is 4.19. The highest BCUT2D eigenvalue weighted by atomic mass is 127. The molecule has 5 nitrogen and oxygen atoms in total. The van der Waals surface area contributed by atoms with Crippen LogP contribution < -0.4 is 5.43 Å². The van der Waals surface area contributed by atoms with E-state index < -0.39 is 11.7 Å². The Morgan fingerprint density at radius 2 is 2.17 bits per heavy atom. The van der Waals surface area contributed by atoms with Gasteiger partial charge in [-0.15, -0.1) is 0 Å². The highest BCUT2D eigenvalue weighted by Crippen LogP contribution is 2.29. The molecular weight excluding hydrogens is 480 g/mol. The van der Waals surface area contributed by atoms with E-state index in [-0.39, 0.29) is 16.9 Å². The lowest BCUT2D eigenvalue weighted by atomic mass is 10.1. The molecule has 0 saturated heterocycles. The van der Waals surface area contributed by atoms with Gasteiger partial charge in [-0.05, 0) is 74.4 Å². The lowest BCUT2D eigenvalue weighted by Crippen LogP contribution is -2.19. The van der Waals surface area contributed by atoms with Gasteiger partial charge in [-0.1, -0.05) is 0 Å². The van der Waals surface area contributed by atoms with Crippen molar-refractivity contribution < 1.29 is 14.3 Å². The minimum absolute atomic E-state index is 0.117. The summed E-state index contributed by atoms with van der Waals surface area (Å²) in [7, 11) is 0. The molecule has 23 heavy (non-hydrogen) atoms. The SMILES string of the molecule is N#Cc1ccc(C(=O)N/N=C\c2cc(Br)c(O)c(I)c2)c(F)c1. The molecular formula is C15H8BrFIN3O2. The van der Waals surface area contributed by atoms with Gasteiger partial charge in [-0.2, -0.15) is 10.4 Å². The number of carbonyl (C=O) groups is 1. The molecule has 0 aromatic heterocycles. The number of hydrazone groups is 1. The standard InChI is InChI=1S/C15H8BrFIN3O2/c16-11-3-9(5-13(18)14(11)22)7-20-21-15(23)10-2-1-8(6-19)4-12(10)17/h1-5,7,22H,(H,21,23)/b20-7-. The van der Waals surface area contributed by atoms with Crippen molar-refractivity contribution >= 4 is 50.6 Å². The van der Waals surface area contributed by atoms with Crippen LogP contribution in [0, 0.1) is 20.7 Å². The van der Waals surface area contributed by atoms with Crippen LogP contribution in [0.15, 0.2) is 39.9 Å². The average Bonchev–Trinajstić information content (AvgIpc) is 2.52. The summed E-state index contributed by atoms with van der Waals surface area (Å²) < 4.78 is 14.8. The molecule has 0 radical (unpaired) electrons. The first-order valence-electron chi connectivity index (χ1n) is 6.13. The number of nitrogens with zero attached hydrogens (tertiary/aromatic N) is 2. The van der Waals surface area contributed by atoms with Crippen LogP contribution in [-0.2, 0) is 0 Å². The summed E-state index contributed by atoms with van der Waals surface area (Å²) in [5.41, 5.74) is 2.77. The van der Waals surface area contributed by atoms with Crippen LogP contribution in [0.1, 0.15) is 21.5 Å². The Labute approximate surface area is 153 Å². The molecule has 0 aliphatic rings. The first-order valence-corrected chi connectivity index (χ1v) is 8.00. The minimum atomic E-state index is -0.793. The first-order chi connectivity index (χ1) is 10.9. The molecule has 2 aromatic rings. The average molecular weight is 488 g/mol. The summed E-state index contributed by atoms with van der Waals surface area (Å²) in [6.07, 6.45) is 1.37. The van der Waals surface area contributed by atoms with Crippen LogP contribution in [0.2, 0.25) is 0 Å². The Hall–Kier alpha value is -1.99. The highest BCUT2D eigenvalue weighted by Gasteiger charge is 2.11. The zero-order chi connectivity index (χ0) is 17.0. The van der Waals surface area contributed by atoms with E-state index in [9.17, 15) is 14.3 Å². The van der Waals surface area contributed by atoms with Gasteiger partial charge in [0.05, 0.1) is 31.5 Å². The number of phenols is 1. The molecule has 0 aliphatic carbocycles. The zero-order valence-electron chi connectivity index (χ0n) is 11.3. The Kier molecular flexibility index (Phi) is 5.68. The van der Waals surface area contributed by atoms with Crippen molar-refractivity contribution in [2.24, 2.45) is 5.10 Å². The van der Waals surface area contributed by atoms with Crippen molar-refractivity contribution in [3.05, 3.63) is 60.9 Å². The van der Waals surface area contributed by atoms with E-state index in [2.05, 4.69) is 26.5 Å². The number of rotatable bonds is 3. The fraction of sp³-hybridized carbons (Fsp3) is 0. The molecule has 116 valence electrons. The van der Waals surface area contributed by atoms with Crippen LogP contribution >= 0.6 is 38.5 Å². The molecule has 0 atom stereocenters. The van der Waals surface area contributed by atoms with Gasteiger partial charge in [0.1, 0.15) is 11.6 Å². The van der Waals surface area contributed by atoms with Crippen LogP contribution in [-0.4, -0.2) is 17.2 Å². The Balaban J connectivity index is 2.12. The fourth-order valence-electron chi connectivity index (χ4n) is 1.65. The topological polar surface area (TPSA) is 85.5 Å². The maximum absolute atomic E-state index is 13.7. The Morgan fingerprint density at radius 3 is 2.78 bits per heavy atom. The Bertz CT molecular complexity index is 826. The number of halogens is 3. The van der Waals surface area contributed by atoms with Gasteiger partial charge in [-0.3, -0.25) is 4.79 Å². The number of amides is 1. The van der Waals surface area contributed by atoms with E-state index in [0.29, 0.717) is 13.6 Å². The van der Waals surface area contributed by atoms with Gasteiger partial charge >= 0.3 is 0 Å². The van der Waals surface area contributed by atoms with Crippen molar-refractivity contribution in [3.8, 4) is 11.8 Å².